The van der Waals surface area contributed by atoms with Crippen molar-refractivity contribution >= 4 is 35.1 Å². The van der Waals surface area contributed by atoms with Crippen LogP contribution in [0.1, 0.15) is 40.5 Å². The predicted molar refractivity (Wildman–Crippen MR) is 110 cm³/mol. The molecule has 2 aromatic carbocycles. The van der Waals surface area contributed by atoms with Crippen molar-refractivity contribution in [1.29, 1.82) is 0 Å². The van der Waals surface area contributed by atoms with Crippen LogP contribution in [0.5, 0.6) is 0 Å². The van der Waals surface area contributed by atoms with Crippen molar-refractivity contribution < 1.29 is 24.3 Å². The van der Waals surface area contributed by atoms with E-state index in [1.165, 1.54) is 24.3 Å². The third kappa shape index (κ3) is 3.39. The van der Waals surface area contributed by atoms with Gasteiger partial charge in [-0.25, -0.2) is 9.69 Å². The maximum Gasteiger partial charge on any atom is 0.335 e. The molecule has 1 aliphatic heterocycles. The van der Waals surface area contributed by atoms with E-state index in [2.05, 4.69) is 5.32 Å². The van der Waals surface area contributed by atoms with Crippen LogP contribution in [-0.4, -0.2) is 28.8 Å². The molecule has 1 heterocycles. The largest absolute Gasteiger partial charge is 0.478 e. The maximum absolute atomic E-state index is 13.0. The Morgan fingerprint density at radius 2 is 1.77 bits per heavy atom. The average Bonchev–Trinajstić information content (AvgIpc) is 2.97. The van der Waals surface area contributed by atoms with Gasteiger partial charge in [-0.15, -0.1) is 0 Å². The highest BCUT2D eigenvalue weighted by atomic mass is 16.4. The number of imide groups is 1. The smallest absolute Gasteiger partial charge is 0.335 e. The number of nitrogens with one attached hydrogen (secondary N) is 1. The summed E-state index contributed by atoms with van der Waals surface area (Å²) in [5.74, 6) is -3.01. The number of carboxylic acids is 1. The number of para-hydroxylation sites is 1. The number of nitrogens with zero attached hydrogens (tertiary/aromatic N) is 1. The normalized spacial score (nSPS) is 20.6. The Morgan fingerprint density at radius 3 is 2.53 bits per heavy atom. The summed E-state index contributed by atoms with van der Waals surface area (Å²) in [5.41, 5.74) is 1.85. The zero-order valence-electron chi connectivity index (χ0n) is 16.3. The molecule has 7 nitrogen and oxygen atoms in total. The van der Waals surface area contributed by atoms with E-state index in [9.17, 15) is 19.2 Å². The highest BCUT2D eigenvalue weighted by Gasteiger charge is 2.49. The van der Waals surface area contributed by atoms with Crippen LogP contribution < -0.4 is 10.2 Å². The predicted octanol–water partition coefficient (Wildman–Crippen LogP) is 3.48. The third-order valence-corrected chi connectivity index (χ3v) is 5.58. The Hall–Kier alpha value is -3.74. The van der Waals surface area contributed by atoms with Gasteiger partial charge in [0, 0.05) is 5.69 Å². The quantitative estimate of drug-likeness (QED) is 0.600. The molecule has 4 rings (SSSR count). The molecular weight excluding hydrogens is 384 g/mol. The van der Waals surface area contributed by atoms with E-state index in [1.807, 2.05) is 13.0 Å². The Bertz CT molecular complexity index is 1100. The van der Waals surface area contributed by atoms with Gasteiger partial charge < -0.3 is 10.4 Å². The zero-order chi connectivity index (χ0) is 21.4. The summed E-state index contributed by atoms with van der Waals surface area (Å²) >= 11 is 0. The second kappa shape index (κ2) is 7.59. The molecule has 30 heavy (non-hydrogen) atoms. The fraction of sp³-hybridized carbons (Fsp3) is 0.217. The number of fused-ring (bicyclic) bond motifs is 1. The Kier molecular flexibility index (Phi) is 4.95. The first-order chi connectivity index (χ1) is 14.4. The summed E-state index contributed by atoms with van der Waals surface area (Å²) in [6, 6.07) is 12.3. The molecule has 1 aliphatic carbocycles. The monoisotopic (exact) mass is 404 g/mol. The number of carbonyl (C=O) groups excluding carboxylic acids is 3. The second-order valence-corrected chi connectivity index (χ2v) is 7.57. The average molecular weight is 404 g/mol. The van der Waals surface area contributed by atoms with Crippen molar-refractivity contribution in [3.8, 4) is 0 Å². The minimum absolute atomic E-state index is 0.0397. The molecule has 1 fully saturated rings. The number of amides is 3. The number of rotatable bonds is 4. The summed E-state index contributed by atoms with van der Waals surface area (Å²) in [7, 11) is 0. The highest BCUT2D eigenvalue weighted by molar-refractivity contribution is 6.25. The van der Waals surface area contributed by atoms with Crippen LogP contribution in [-0.2, 0) is 9.59 Å². The van der Waals surface area contributed by atoms with E-state index >= 15 is 0 Å². The molecule has 2 atom stereocenters. The minimum atomic E-state index is -1.11. The molecule has 0 aromatic heterocycles. The van der Waals surface area contributed by atoms with Gasteiger partial charge in [0.1, 0.15) is 0 Å². The van der Waals surface area contributed by atoms with Gasteiger partial charge in [0.25, 0.3) is 5.91 Å². The van der Waals surface area contributed by atoms with E-state index in [1.54, 1.807) is 24.3 Å². The number of anilines is 2. The van der Waals surface area contributed by atoms with Crippen LogP contribution in [0, 0.1) is 11.8 Å². The lowest BCUT2D eigenvalue weighted by atomic mass is 9.82. The lowest BCUT2D eigenvalue weighted by Gasteiger charge is -2.19. The van der Waals surface area contributed by atoms with Gasteiger partial charge in [-0.05, 0) is 50.1 Å². The molecule has 0 radical (unpaired) electrons. The van der Waals surface area contributed by atoms with E-state index in [0.29, 0.717) is 18.5 Å². The molecule has 0 saturated carbocycles. The number of carbonyl (C=O) groups is 4. The number of benzene rings is 2. The first-order valence-electron chi connectivity index (χ1n) is 9.64. The van der Waals surface area contributed by atoms with E-state index in [-0.39, 0.29) is 28.6 Å². The lowest BCUT2D eigenvalue weighted by molar-refractivity contribution is -0.122. The Morgan fingerprint density at radius 1 is 1.03 bits per heavy atom. The molecule has 0 spiro atoms. The first kappa shape index (κ1) is 19.6. The minimum Gasteiger partial charge on any atom is -0.478 e. The molecule has 0 unspecified atom stereocenters. The van der Waals surface area contributed by atoms with Crippen LogP contribution in [0.3, 0.4) is 0 Å². The summed E-state index contributed by atoms with van der Waals surface area (Å²) in [5, 5.41) is 11.8. The van der Waals surface area contributed by atoms with Crippen molar-refractivity contribution in [2.24, 2.45) is 11.8 Å². The van der Waals surface area contributed by atoms with Crippen LogP contribution in [0.15, 0.2) is 60.2 Å². The standard InChI is InChI=1S/C23H20N2O5/c1-13-9-10-16-18(11-13)22(28)25(21(16)27)19-8-3-2-7-17(19)20(26)24-15-6-4-5-14(12-15)23(29)30/h2-9,12,16,18H,10-11H2,1H3,(H,24,26)(H,29,30)/t16-,18+/m0/s1. The van der Waals surface area contributed by atoms with E-state index < -0.39 is 23.7 Å². The molecule has 2 aliphatic rings. The Balaban J connectivity index is 1.64. The molecule has 0 bridgehead atoms. The molecule has 1 saturated heterocycles. The zero-order valence-corrected chi connectivity index (χ0v) is 16.3. The van der Waals surface area contributed by atoms with E-state index in [0.717, 1.165) is 10.5 Å². The summed E-state index contributed by atoms with van der Waals surface area (Å²) in [4.78, 5) is 51.2. The summed E-state index contributed by atoms with van der Waals surface area (Å²) in [6.45, 7) is 1.95. The van der Waals surface area contributed by atoms with Gasteiger partial charge in [0.05, 0.1) is 28.7 Å². The second-order valence-electron chi connectivity index (χ2n) is 7.57. The van der Waals surface area contributed by atoms with Gasteiger partial charge in [-0.2, -0.15) is 0 Å². The molecule has 152 valence electrons. The van der Waals surface area contributed by atoms with Crippen molar-refractivity contribution in [3.05, 3.63) is 71.3 Å². The van der Waals surface area contributed by atoms with Crippen molar-refractivity contribution in [3.63, 3.8) is 0 Å². The SMILES string of the molecule is CC1=CC[C@@H]2C(=O)N(c3ccccc3C(=O)Nc3cccc(C(=O)O)c3)C(=O)[C@@H]2C1. The third-order valence-electron chi connectivity index (χ3n) is 5.58. The van der Waals surface area contributed by atoms with Crippen molar-refractivity contribution in [2.45, 2.75) is 19.8 Å². The van der Waals surface area contributed by atoms with Gasteiger partial charge >= 0.3 is 5.97 Å². The summed E-state index contributed by atoms with van der Waals surface area (Å²) in [6.07, 6.45) is 3.06. The molecule has 2 N–H and O–H groups in total. The summed E-state index contributed by atoms with van der Waals surface area (Å²) < 4.78 is 0. The maximum atomic E-state index is 13.0. The van der Waals surface area contributed by atoms with Crippen LogP contribution in [0.4, 0.5) is 11.4 Å². The van der Waals surface area contributed by atoms with Crippen molar-refractivity contribution in [1.82, 2.24) is 0 Å². The topological polar surface area (TPSA) is 104 Å². The van der Waals surface area contributed by atoms with Crippen LogP contribution in [0.2, 0.25) is 0 Å². The van der Waals surface area contributed by atoms with Gasteiger partial charge in [-0.3, -0.25) is 14.4 Å². The fourth-order valence-corrected chi connectivity index (χ4v) is 4.06. The van der Waals surface area contributed by atoms with Crippen molar-refractivity contribution in [2.75, 3.05) is 10.2 Å². The number of carboxylic acid groups (broad SMARTS) is 1. The molecular formula is C23H20N2O5. The number of aromatic carboxylic acids is 1. The first-order valence-corrected chi connectivity index (χ1v) is 9.64. The lowest BCUT2D eigenvalue weighted by Crippen LogP contribution is -2.33. The van der Waals surface area contributed by atoms with E-state index in [4.69, 9.17) is 5.11 Å². The number of hydrogen-bond donors (Lipinski definition) is 2. The Labute approximate surface area is 173 Å². The van der Waals surface area contributed by atoms with Crippen LogP contribution >= 0.6 is 0 Å². The van der Waals surface area contributed by atoms with Gasteiger partial charge in [0.15, 0.2) is 0 Å². The molecule has 7 heteroatoms. The number of hydrogen-bond acceptors (Lipinski definition) is 4. The van der Waals surface area contributed by atoms with Gasteiger partial charge in [-0.1, -0.05) is 29.8 Å². The van der Waals surface area contributed by atoms with Gasteiger partial charge in [0.2, 0.25) is 11.8 Å². The highest BCUT2D eigenvalue weighted by Crippen LogP contribution is 2.40. The fourth-order valence-electron chi connectivity index (χ4n) is 4.06. The molecule has 2 aromatic rings. The van der Waals surface area contributed by atoms with Crippen LogP contribution in [0.25, 0.3) is 0 Å². The molecule has 3 amide bonds. The number of allylic oxidation sites excluding steroid dienone is 2.